The van der Waals surface area contributed by atoms with Gasteiger partial charge in [-0.15, -0.1) is 0 Å². The van der Waals surface area contributed by atoms with Crippen molar-refractivity contribution in [2.24, 2.45) is 0 Å². The first kappa shape index (κ1) is 37.8. The Morgan fingerprint density at radius 2 is 1.00 bits per heavy atom. The van der Waals surface area contributed by atoms with Crippen molar-refractivity contribution in [1.82, 2.24) is 4.57 Å². The molecule has 0 fully saturated rings. The van der Waals surface area contributed by atoms with E-state index in [1.807, 2.05) is 0 Å². The zero-order valence-corrected chi connectivity index (χ0v) is 36.7. The van der Waals surface area contributed by atoms with E-state index in [1.165, 1.54) is 111 Å². The molecule has 1 heterocycles. The third-order valence-corrected chi connectivity index (χ3v) is 15.1. The molecule has 0 radical (unpaired) electrons. The molecule has 1 unspecified atom stereocenters. The molecule has 0 saturated heterocycles. The molecule has 0 aliphatic heterocycles. The van der Waals surface area contributed by atoms with Crippen LogP contribution in [0.2, 0.25) is 0 Å². The molecule has 308 valence electrons. The van der Waals surface area contributed by atoms with Gasteiger partial charge in [-0.1, -0.05) is 208 Å². The molecule has 13 rings (SSSR count). The Morgan fingerprint density at radius 1 is 0.400 bits per heavy atom. The van der Waals surface area contributed by atoms with Crippen molar-refractivity contribution in [3.8, 4) is 27.9 Å². The molecular formula is C64H47N. The van der Waals surface area contributed by atoms with Crippen LogP contribution in [-0.2, 0) is 17.3 Å². The largest absolute Gasteiger partial charge is 0.309 e. The van der Waals surface area contributed by atoms with Gasteiger partial charge in [-0.05, 0) is 126 Å². The Bertz CT molecular complexity index is 3600. The minimum atomic E-state index is -0.518. The van der Waals surface area contributed by atoms with Gasteiger partial charge in [0.15, 0.2) is 0 Å². The Hall–Kier alpha value is -7.74. The van der Waals surface area contributed by atoms with Crippen LogP contribution in [-0.4, -0.2) is 4.57 Å². The fourth-order valence-electron chi connectivity index (χ4n) is 12.2. The number of aromatic nitrogens is 1. The second kappa shape index (κ2) is 14.4. The van der Waals surface area contributed by atoms with Crippen LogP contribution >= 0.6 is 0 Å². The Morgan fingerprint density at radius 3 is 1.74 bits per heavy atom. The van der Waals surface area contributed by atoms with Gasteiger partial charge in [-0.2, -0.15) is 0 Å². The number of hydrogen-bond acceptors (Lipinski definition) is 0. The van der Waals surface area contributed by atoms with Gasteiger partial charge in [-0.3, -0.25) is 0 Å². The SMILES string of the molecule is CC1(C)c2cc3c(cc2-c2c(C(Cc4ccccc4)c4cc(C5(c6ccccc6)c6ccccc6-c6ccccc65)cc5ccccc45)cccc21)c1ccccc1n3-c1ccccc1. The highest BCUT2D eigenvalue weighted by molar-refractivity contribution is 6.12. The minimum Gasteiger partial charge on any atom is -0.309 e. The summed E-state index contributed by atoms with van der Waals surface area (Å²) in [5.41, 5.74) is 20.4. The summed E-state index contributed by atoms with van der Waals surface area (Å²) in [6.07, 6.45) is 0.863. The zero-order chi connectivity index (χ0) is 43.3. The van der Waals surface area contributed by atoms with Crippen LogP contribution in [0.25, 0.3) is 60.5 Å². The molecule has 0 bridgehead atoms. The average Bonchev–Trinajstić information content (AvgIpc) is 3.94. The quantitative estimate of drug-likeness (QED) is 0.151. The molecule has 0 N–H and O–H groups in total. The smallest absolute Gasteiger partial charge is 0.0713 e. The van der Waals surface area contributed by atoms with Crippen molar-refractivity contribution in [2.75, 3.05) is 0 Å². The molecule has 1 nitrogen and oxygen atoms in total. The zero-order valence-electron chi connectivity index (χ0n) is 36.7. The van der Waals surface area contributed by atoms with Crippen LogP contribution in [0.4, 0.5) is 0 Å². The van der Waals surface area contributed by atoms with Gasteiger partial charge in [0.1, 0.15) is 0 Å². The molecule has 1 aromatic heterocycles. The second-order valence-electron chi connectivity index (χ2n) is 18.7. The van der Waals surface area contributed by atoms with Crippen molar-refractivity contribution >= 4 is 32.6 Å². The van der Waals surface area contributed by atoms with E-state index in [2.05, 4.69) is 249 Å². The number of fused-ring (bicyclic) bond motifs is 10. The van der Waals surface area contributed by atoms with Crippen LogP contribution in [0.15, 0.2) is 231 Å². The highest BCUT2D eigenvalue weighted by Crippen LogP contribution is 2.58. The van der Waals surface area contributed by atoms with E-state index in [0.29, 0.717) is 0 Å². The molecule has 1 atom stereocenters. The highest BCUT2D eigenvalue weighted by Gasteiger charge is 2.47. The lowest BCUT2D eigenvalue weighted by Crippen LogP contribution is -2.29. The summed E-state index contributed by atoms with van der Waals surface area (Å²) in [5, 5.41) is 5.13. The van der Waals surface area contributed by atoms with Crippen LogP contribution in [0, 0.1) is 0 Å². The molecule has 0 amide bonds. The summed E-state index contributed by atoms with van der Waals surface area (Å²) in [6.45, 7) is 4.87. The van der Waals surface area contributed by atoms with Gasteiger partial charge in [0, 0.05) is 27.8 Å². The lowest BCUT2D eigenvalue weighted by molar-refractivity contribution is 0.659. The number of benzene rings is 10. The minimum absolute atomic E-state index is 0.0417. The lowest BCUT2D eigenvalue weighted by Gasteiger charge is -2.35. The summed E-state index contributed by atoms with van der Waals surface area (Å²) < 4.78 is 2.46. The third kappa shape index (κ3) is 5.45. The van der Waals surface area contributed by atoms with Gasteiger partial charge in [-0.25, -0.2) is 0 Å². The Labute approximate surface area is 380 Å². The van der Waals surface area contributed by atoms with Crippen molar-refractivity contribution in [1.29, 1.82) is 0 Å². The van der Waals surface area contributed by atoms with Crippen LogP contribution in [0.3, 0.4) is 0 Å². The first-order valence-corrected chi connectivity index (χ1v) is 23.1. The summed E-state index contributed by atoms with van der Waals surface area (Å²) in [5.74, 6) is 0.0417. The van der Waals surface area contributed by atoms with Crippen LogP contribution in [0.1, 0.15) is 69.8 Å². The molecular weight excluding hydrogens is 783 g/mol. The van der Waals surface area contributed by atoms with Crippen molar-refractivity contribution in [2.45, 2.75) is 37.0 Å². The number of para-hydroxylation sites is 2. The summed E-state index contributed by atoms with van der Waals surface area (Å²) in [7, 11) is 0. The van der Waals surface area contributed by atoms with Crippen LogP contribution < -0.4 is 0 Å². The van der Waals surface area contributed by atoms with Gasteiger partial charge < -0.3 is 4.57 Å². The van der Waals surface area contributed by atoms with Gasteiger partial charge in [0.25, 0.3) is 0 Å². The van der Waals surface area contributed by atoms with Gasteiger partial charge in [0.05, 0.1) is 16.4 Å². The number of rotatable bonds is 7. The lowest BCUT2D eigenvalue weighted by atomic mass is 9.66. The van der Waals surface area contributed by atoms with E-state index in [9.17, 15) is 0 Å². The standard InChI is InChI=1S/C64H47N/c1-63(2)58-35-20-32-51(62(58)55-40-54-50-31-16-19-36-60(50)65(61(54)41-59(55)63)46-26-10-5-11-27-46)52(37-42-21-6-3-7-22-42)53-39-45(38-43-23-12-13-28-47(43)53)64(44-24-8-4-9-25-44)56-33-17-14-29-48(56)49-30-15-18-34-57(49)64/h3-36,38-41,52H,37H2,1-2H3. The molecule has 10 aromatic carbocycles. The van der Waals surface area contributed by atoms with Crippen molar-refractivity contribution in [3.63, 3.8) is 0 Å². The molecule has 11 aromatic rings. The Balaban J connectivity index is 1.11. The highest BCUT2D eigenvalue weighted by atomic mass is 15.0. The van der Waals surface area contributed by atoms with E-state index < -0.39 is 5.41 Å². The monoisotopic (exact) mass is 829 g/mol. The van der Waals surface area contributed by atoms with Crippen LogP contribution in [0.5, 0.6) is 0 Å². The molecule has 0 saturated carbocycles. The molecule has 1 heteroatoms. The first-order chi connectivity index (χ1) is 32.0. The summed E-state index contributed by atoms with van der Waals surface area (Å²) in [6, 6.07) is 86.9. The van der Waals surface area contributed by atoms with E-state index >= 15 is 0 Å². The van der Waals surface area contributed by atoms with Crippen molar-refractivity contribution < 1.29 is 0 Å². The van der Waals surface area contributed by atoms with E-state index in [4.69, 9.17) is 0 Å². The van der Waals surface area contributed by atoms with Gasteiger partial charge >= 0.3 is 0 Å². The normalized spacial score (nSPS) is 14.6. The van der Waals surface area contributed by atoms with Gasteiger partial charge in [0.2, 0.25) is 0 Å². The predicted molar refractivity (Wildman–Crippen MR) is 272 cm³/mol. The molecule has 2 aliphatic rings. The van der Waals surface area contributed by atoms with E-state index in [-0.39, 0.29) is 11.3 Å². The molecule has 65 heavy (non-hydrogen) atoms. The Kier molecular flexibility index (Phi) is 8.37. The third-order valence-electron chi connectivity index (χ3n) is 15.1. The fraction of sp³-hybridized carbons (Fsp3) is 0.0938. The average molecular weight is 830 g/mol. The first-order valence-electron chi connectivity index (χ1n) is 23.1. The predicted octanol–water partition coefficient (Wildman–Crippen LogP) is 16.0. The van der Waals surface area contributed by atoms with E-state index in [0.717, 1.165) is 6.42 Å². The summed E-state index contributed by atoms with van der Waals surface area (Å²) >= 11 is 0. The maximum Gasteiger partial charge on any atom is 0.0713 e. The second-order valence-corrected chi connectivity index (χ2v) is 18.7. The maximum atomic E-state index is 2.61. The topological polar surface area (TPSA) is 4.93 Å². The van der Waals surface area contributed by atoms with Crippen molar-refractivity contribution in [3.05, 3.63) is 281 Å². The number of hydrogen-bond donors (Lipinski definition) is 0. The fourth-order valence-corrected chi connectivity index (χ4v) is 12.2. The summed E-state index contributed by atoms with van der Waals surface area (Å²) in [4.78, 5) is 0. The number of nitrogens with zero attached hydrogens (tertiary/aromatic N) is 1. The molecule has 2 aliphatic carbocycles. The van der Waals surface area contributed by atoms with E-state index in [1.54, 1.807) is 0 Å². The maximum absolute atomic E-state index is 2.61. The molecule has 0 spiro atoms.